The largest absolute Gasteiger partial charge is 0.486 e. The predicted molar refractivity (Wildman–Crippen MR) is 79.4 cm³/mol. The zero-order valence-electron chi connectivity index (χ0n) is 12.1. The molecule has 1 aromatic carbocycles. The number of carboxylic acids is 1. The van der Waals surface area contributed by atoms with Gasteiger partial charge in [0.05, 0.1) is 15.6 Å². The average Bonchev–Trinajstić information content (AvgIpc) is 2.49. The maximum absolute atomic E-state index is 11.0. The van der Waals surface area contributed by atoms with Crippen molar-refractivity contribution in [2.75, 3.05) is 0 Å². The summed E-state index contributed by atoms with van der Waals surface area (Å²) in [6.07, 6.45) is 0.627. The highest BCUT2D eigenvalue weighted by Crippen LogP contribution is 2.40. The maximum Gasteiger partial charge on any atom is 0.335 e. The first-order chi connectivity index (χ1) is 9.11. The Labute approximate surface area is 127 Å². The van der Waals surface area contributed by atoms with E-state index in [-0.39, 0.29) is 17.3 Å². The van der Waals surface area contributed by atoms with Crippen molar-refractivity contribution in [2.24, 2.45) is 0 Å². The van der Waals surface area contributed by atoms with Gasteiger partial charge >= 0.3 is 5.97 Å². The van der Waals surface area contributed by atoms with E-state index >= 15 is 0 Å². The van der Waals surface area contributed by atoms with E-state index in [0.29, 0.717) is 5.75 Å². The standard InChI is InChI=1S/C15H19BrO4/c1-14(2)8-12(15(3,4)20-14)19-11-7-9(13(17)18)5-6-10(11)16/h5-7,12H,8H2,1-4H3,(H,17,18). The SMILES string of the molecule is CC1(C)CC(Oc2cc(C(=O)O)ccc2Br)C(C)(C)O1. The molecule has 1 aliphatic rings. The van der Waals surface area contributed by atoms with Crippen molar-refractivity contribution in [3.05, 3.63) is 28.2 Å². The van der Waals surface area contributed by atoms with Gasteiger partial charge in [0.1, 0.15) is 17.5 Å². The Kier molecular flexibility index (Phi) is 3.86. The first kappa shape index (κ1) is 15.3. The molecule has 1 aliphatic heterocycles. The fourth-order valence-electron chi connectivity index (χ4n) is 2.58. The minimum absolute atomic E-state index is 0.127. The van der Waals surface area contributed by atoms with Crippen molar-refractivity contribution in [1.82, 2.24) is 0 Å². The number of halogens is 1. The molecule has 1 saturated heterocycles. The van der Waals surface area contributed by atoms with Crippen LogP contribution in [-0.2, 0) is 4.74 Å². The fourth-order valence-corrected chi connectivity index (χ4v) is 2.92. The Morgan fingerprint density at radius 1 is 1.40 bits per heavy atom. The molecule has 0 bridgehead atoms. The summed E-state index contributed by atoms with van der Waals surface area (Å²) in [5.41, 5.74) is -0.452. The van der Waals surface area contributed by atoms with Crippen LogP contribution in [0.5, 0.6) is 5.75 Å². The van der Waals surface area contributed by atoms with Gasteiger partial charge in [0.25, 0.3) is 0 Å². The molecule has 0 aromatic heterocycles. The molecule has 1 N–H and O–H groups in total. The number of carboxylic acid groups (broad SMARTS) is 1. The van der Waals surface area contributed by atoms with E-state index in [9.17, 15) is 4.79 Å². The minimum Gasteiger partial charge on any atom is -0.486 e. The van der Waals surface area contributed by atoms with E-state index in [2.05, 4.69) is 15.9 Å². The van der Waals surface area contributed by atoms with Crippen LogP contribution in [0.3, 0.4) is 0 Å². The molecule has 0 saturated carbocycles. The summed E-state index contributed by atoms with van der Waals surface area (Å²) in [6.45, 7) is 8.03. The molecule has 4 nitrogen and oxygen atoms in total. The summed E-state index contributed by atoms with van der Waals surface area (Å²) in [4.78, 5) is 11.0. The molecular weight excluding hydrogens is 324 g/mol. The molecule has 0 amide bonds. The molecule has 5 heteroatoms. The van der Waals surface area contributed by atoms with Crippen molar-refractivity contribution in [3.63, 3.8) is 0 Å². The van der Waals surface area contributed by atoms with Crippen LogP contribution < -0.4 is 4.74 Å². The Bertz CT molecular complexity index is 537. The highest BCUT2D eigenvalue weighted by atomic mass is 79.9. The Morgan fingerprint density at radius 2 is 2.05 bits per heavy atom. The highest BCUT2D eigenvalue weighted by Gasteiger charge is 2.47. The van der Waals surface area contributed by atoms with Gasteiger partial charge in [-0.15, -0.1) is 0 Å². The van der Waals surface area contributed by atoms with Gasteiger partial charge < -0.3 is 14.6 Å². The second-order valence-corrected chi connectivity index (χ2v) is 7.08. The van der Waals surface area contributed by atoms with Crippen LogP contribution in [-0.4, -0.2) is 28.4 Å². The summed E-state index contributed by atoms with van der Waals surface area (Å²) in [7, 11) is 0. The van der Waals surface area contributed by atoms with Crippen LogP contribution in [0.25, 0.3) is 0 Å². The molecule has 1 fully saturated rings. The molecule has 0 aliphatic carbocycles. The normalized spacial score (nSPS) is 23.6. The van der Waals surface area contributed by atoms with Gasteiger partial charge in [-0.3, -0.25) is 0 Å². The molecule has 0 spiro atoms. The van der Waals surface area contributed by atoms with Crippen LogP contribution in [0.1, 0.15) is 44.5 Å². The summed E-state index contributed by atoms with van der Waals surface area (Å²) < 4.78 is 12.7. The van der Waals surface area contributed by atoms with Gasteiger partial charge in [0.15, 0.2) is 0 Å². The third kappa shape index (κ3) is 3.15. The number of benzene rings is 1. The first-order valence-electron chi connectivity index (χ1n) is 6.50. The van der Waals surface area contributed by atoms with E-state index in [1.54, 1.807) is 12.1 Å². The van der Waals surface area contributed by atoms with Gasteiger partial charge in [-0.1, -0.05) is 0 Å². The topological polar surface area (TPSA) is 55.8 Å². The lowest BCUT2D eigenvalue weighted by atomic mass is 9.97. The van der Waals surface area contributed by atoms with Gasteiger partial charge in [0.2, 0.25) is 0 Å². The van der Waals surface area contributed by atoms with Gasteiger partial charge in [-0.05, 0) is 61.8 Å². The highest BCUT2D eigenvalue weighted by molar-refractivity contribution is 9.10. The number of ether oxygens (including phenoxy) is 2. The molecule has 1 heterocycles. The zero-order chi connectivity index (χ0) is 15.1. The summed E-state index contributed by atoms with van der Waals surface area (Å²) in [5, 5.41) is 9.05. The average molecular weight is 343 g/mol. The van der Waals surface area contributed by atoms with Gasteiger partial charge in [-0.25, -0.2) is 4.79 Å². The lowest BCUT2D eigenvalue weighted by molar-refractivity contribution is -0.0846. The van der Waals surface area contributed by atoms with E-state index in [4.69, 9.17) is 14.6 Å². The zero-order valence-corrected chi connectivity index (χ0v) is 13.7. The number of hydrogen-bond donors (Lipinski definition) is 1. The smallest absolute Gasteiger partial charge is 0.335 e. The first-order valence-corrected chi connectivity index (χ1v) is 7.30. The molecule has 110 valence electrons. The van der Waals surface area contributed by atoms with Gasteiger partial charge in [0, 0.05) is 6.42 Å². The van der Waals surface area contributed by atoms with Crippen LogP contribution in [0.4, 0.5) is 0 Å². The fraction of sp³-hybridized carbons (Fsp3) is 0.533. The summed E-state index contributed by atoms with van der Waals surface area (Å²) >= 11 is 3.39. The number of aromatic carboxylic acids is 1. The predicted octanol–water partition coefficient (Wildman–Crippen LogP) is 3.87. The lowest BCUT2D eigenvalue weighted by Crippen LogP contribution is -2.36. The Morgan fingerprint density at radius 3 is 2.55 bits per heavy atom. The molecule has 0 radical (unpaired) electrons. The number of rotatable bonds is 3. The monoisotopic (exact) mass is 342 g/mol. The second kappa shape index (κ2) is 5.04. The second-order valence-electron chi connectivity index (χ2n) is 6.23. The molecule has 1 atom stereocenters. The van der Waals surface area contributed by atoms with Gasteiger partial charge in [-0.2, -0.15) is 0 Å². The maximum atomic E-state index is 11.0. The van der Waals surface area contributed by atoms with E-state index in [1.807, 2.05) is 27.7 Å². The van der Waals surface area contributed by atoms with Crippen LogP contribution >= 0.6 is 15.9 Å². The van der Waals surface area contributed by atoms with Crippen molar-refractivity contribution < 1.29 is 19.4 Å². The number of hydrogen-bond acceptors (Lipinski definition) is 3. The quantitative estimate of drug-likeness (QED) is 0.905. The minimum atomic E-state index is -0.968. The van der Waals surface area contributed by atoms with E-state index in [1.165, 1.54) is 6.07 Å². The van der Waals surface area contributed by atoms with Crippen molar-refractivity contribution >= 4 is 21.9 Å². The Hall–Kier alpha value is -1.07. The third-order valence-corrected chi connectivity index (χ3v) is 4.09. The van der Waals surface area contributed by atoms with Crippen molar-refractivity contribution in [3.8, 4) is 5.75 Å². The molecule has 2 rings (SSSR count). The van der Waals surface area contributed by atoms with Crippen LogP contribution in [0.15, 0.2) is 22.7 Å². The number of carbonyl (C=O) groups is 1. The molecule has 1 unspecified atom stereocenters. The third-order valence-electron chi connectivity index (χ3n) is 3.44. The van der Waals surface area contributed by atoms with E-state index < -0.39 is 11.6 Å². The summed E-state index contributed by atoms with van der Waals surface area (Å²) in [6, 6.07) is 4.76. The molecule has 1 aromatic rings. The Balaban J connectivity index is 2.26. The van der Waals surface area contributed by atoms with E-state index in [0.717, 1.165) is 10.9 Å². The van der Waals surface area contributed by atoms with Crippen LogP contribution in [0.2, 0.25) is 0 Å². The summed E-state index contributed by atoms with van der Waals surface area (Å²) in [5.74, 6) is -0.436. The van der Waals surface area contributed by atoms with Crippen molar-refractivity contribution in [2.45, 2.75) is 51.4 Å². The van der Waals surface area contributed by atoms with Crippen LogP contribution in [0, 0.1) is 0 Å². The molecule has 20 heavy (non-hydrogen) atoms. The molecular formula is C15H19BrO4. The van der Waals surface area contributed by atoms with Crippen molar-refractivity contribution in [1.29, 1.82) is 0 Å². The lowest BCUT2D eigenvalue weighted by Gasteiger charge is -2.27.